The van der Waals surface area contributed by atoms with E-state index in [4.69, 9.17) is 9.47 Å². The maximum Gasteiger partial charge on any atom is 0.350 e. The van der Waals surface area contributed by atoms with Gasteiger partial charge >= 0.3 is 11.9 Å². The Morgan fingerprint density at radius 2 is 1.74 bits per heavy atom. The predicted molar refractivity (Wildman–Crippen MR) is 115 cm³/mol. The van der Waals surface area contributed by atoms with Crippen LogP contribution in [0.4, 0.5) is 5.69 Å². The van der Waals surface area contributed by atoms with Gasteiger partial charge in [-0.1, -0.05) is 30.3 Å². The van der Waals surface area contributed by atoms with Gasteiger partial charge in [-0.05, 0) is 23.8 Å². The first-order chi connectivity index (χ1) is 14.6. The highest BCUT2D eigenvalue weighted by Gasteiger charge is 2.38. The topological polar surface area (TPSA) is 112 Å². The Labute approximate surface area is 182 Å². The molecule has 1 saturated heterocycles. The zero-order valence-electron chi connectivity index (χ0n) is 16.6. The number of carbonyl (C=O) groups excluding carboxylic acids is 2. The zero-order chi connectivity index (χ0) is 22.2. The summed E-state index contributed by atoms with van der Waals surface area (Å²) in [4.78, 5) is 28.3. The molecule has 0 spiro atoms. The van der Waals surface area contributed by atoms with Crippen molar-refractivity contribution < 1.29 is 27.5 Å². The summed E-state index contributed by atoms with van der Waals surface area (Å²) in [6.07, 6.45) is 1.20. The van der Waals surface area contributed by atoms with Crippen LogP contribution in [0.15, 0.2) is 64.6 Å². The van der Waals surface area contributed by atoms with E-state index in [1.54, 1.807) is 42.5 Å². The molecule has 1 fully saturated rings. The van der Waals surface area contributed by atoms with E-state index in [0.29, 0.717) is 21.5 Å². The lowest BCUT2D eigenvalue weighted by molar-refractivity contribution is -0.222. The third kappa shape index (κ3) is 4.59. The number of rotatable bonds is 5. The number of hydrogen-bond donors (Lipinski definition) is 1. The normalized spacial score (nSPS) is 16.0. The number of anilines is 1. The van der Waals surface area contributed by atoms with E-state index in [1.165, 1.54) is 20.0 Å². The summed E-state index contributed by atoms with van der Waals surface area (Å²) in [6, 6.07) is 13.9. The van der Waals surface area contributed by atoms with Gasteiger partial charge in [0.2, 0.25) is 14.2 Å². The molecule has 0 amide bonds. The molecule has 0 bridgehead atoms. The van der Waals surface area contributed by atoms with Crippen LogP contribution in [0.2, 0.25) is 0 Å². The molecule has 3 aromatic rings. The third-order valence-corrected chi connectivity index (χ3v) is 7.50. The van der Waals surface area contributed by atoms with E-state index in [1.807, 2.05) is 6.07 Å². The Bertz CT molecular complexity index is 1290. The van der Waals surface area contributed by atoms with Gasteiger partial charge in [-0.3, -0.25) is 0 Å². The van der Waals surface area contributed by atoms with Gasteiger partial charge in [0.05, 0.1) is 16.0 Å². The quantitative estimate of drug-likeness (QED) is 0.352. The number of fused-ring (bicyclic) bond motifs is 1. The maximum absolute atomic E-state index is 12.7. The van der Waals surface area contributed by atoms with Crippen molar-refractivity contribution in [1.82, 2.24) is 4.98 Å². The number of thiazole rings is 1. The molecular weight excluding hydrogens is 440 g/mol. The minimum absolute atomic E-state index is 0.0310. The molecule has 10 heteroatoms. The summed E-state index contributed by atoms with van der Waals surface area (Å²) in [6.45, 7) is 2.93. The van der Waals surface area contributed by atoms with Crippen LogP contribution in [-0.2, 0) is 34.7 Å². The van der Waals surface area contributed by atoms with Crippen molar-refractivity contribution in [3.63, 3.8) is 0 Å². The number of aromatic nitrogens is 1. The van der Waals surface area contributed by atoms with Crippen LogP contribution in [0.5, 0.6) is 0 Å². The van der Waals surface area contributed by atoms with Gasteiger partial charge < -0.3 is 14.8 Å². The monoisotopic (exact) mass is 458 g/mol. The highest BCUT2D eigenvalue weighted by molar-refractivity contribution is 7.92. The Morgan fingerprint density at radius 1 is 1.06 bits per heavy atom. The molecule has 1 N–H and O–H groups in total. The van der Waals surface area contributed by atoms with Crippen molar-refractivity contribution in [1.29, 1.82) is 0 Å². The van der Waals surface area contributed by atoms with Crippen molar-refractivity contribution in [3.8, 4) is 0 Å². The van der Waals surface area contributed by atoms with Gasteiger partial charge in [0.1, 0.15) is 0 Å². The average Bonchev–Trinajstić information content (AvgIpc) is 3.11. The molecule has 4 rings (SSSR count). The van der Waals surface area contributed by atoms with Gasteiger partial charge in [-0.15, -0.1) is 11.3 Å². The number of nitrogens with zero attached hydrogens (tertiary/aromatic N) is 1. The van der Waals surface area contributed by atoms with E-state index in [2.05, 4.69) is 10.3 Å². The molecule has 160 valence electrons. The third-order valence-electron chi connectivity index (χ3n) is 4.33. The van der Waals surface area contributed by atoms with E-state index in [-0.39, 0.29) is 15.7 Å². The minimum Gasteiger partial charge on any atom is -0.419 e. The molecule has 0 aliphatic carbocycles. The van der Waals surface area contributed by atoms with Crippen molar-refractivity contribution in [2.45, 2.75) is 29.7 Å². The molecule has 0 atom stereocenters. The van der Waals surface area contributed by atoms with Crippen LogP contribution in [-0.4, -0.2) is 31.1 Å². The number of sulfone groups is 1. The van der Waals surface area contributed by atoms with Crippen LogP contribution in [0, 0.1) is 0 Å². The summed E-state index contributed by atoms with van der Waals surface area (Å²) < 4.78 is 36.2. The predicted octanol–water partition coefficient (Wildman–Crippen LogP) is 3.40. The largest absolute Gasteiger partial charge is 0.419 e. The summed E-state index contributed by atoms with van der Waals surface area (Å²) in [5.74, 6) is -3.02. The van der Waals surface area contributed by atoms with E-state index >= 15 is 0 Å². The second-order valence-corrected chi connectivity index (χ2v) is 10.5. The van der Waals surface area contributed by atoms with Crippen molar-refractivity contribution in [3.05, 3.63) is 65.9 Å². The number of ether oxygens (including phenoxy) is 2. The fourth-order valence-electron chi connectivity index (χ4n) is 2.92. The fraction of sp³-hybridized carbons (Fsp3) is 0.190. The van der Waals surface area contributed by atoms with E-state index in [9.17, 15) is 18.0 Å². The van der Waals surface area contributed by atoms with Gasteiger partial charge in [0, 0.05) is 25.7 Å². The number of benzene rings is 2. The minimum atomic E-state index is -3.59. The molecule has 0 saturated carbocycles. The lowest BCUT2D eigenvalue weighted by atomic mass is 10.2. The maximum atomic E-state index is 12.7. The van der Waals surface area contributed by atoms with Crippen LogP contribution in [0.25, 0.3) is 10.2 Å². The van der Waals surface area contributed by atoms with Crippen LogP contribution >= 0.6 is 11.3 Å². The molecule has 1 aromatic heterocycles. The van der Waals surface area contributed by atoms with Crippen LogP contribution < -0.4 is 5.32 Å². The first kappa shape index (κ1) is 21.0. The first-order valence-electron chi connectivity index (χ1n) is 9.24. The van der Waals surface area contributed by atoms with Crippen LogP contribution in [0.3, 0.4) is 0 Å². The Morgan fingerprint density at radius 3 is 2.42 bits per heavy atom. The van der Waals surface area contributed by atoms with Crippen LogP contribution in [0.1, 0.15) is 19.4 Å². The zero-order valence-corrected chi connectivity index (χ0v) is 18.2. The van der Waals surface area contributed by atoms with E-state index < -0.39 is 27.6 Å². The summed E-state index contributed by atoms with van der Waals surface area (Å²) in [7, 11) is -3.59. The van der Waals surface area contributed by atoms with Gasteiger partial charge in [0.15, 0.2) is 5.57 Å². The Balaban J connectivity index is 1.55. The van der Waals surface area contributed by atoms with Gasteiger partial charge in [-0.2, -0.15) is 0 Å². The second kappa shape index (κ2) is 7.78. The van der Waals surface area contributed by atoms with Gasteiger partial charge in [0.25, 0.3) is 5.79 Å². The van der Waals surface area contributed by atoms with Gasteiger partial charge in [-0.25, -0.2) is 23.0 Å². The molecule has 8 nitrogen and oxygen atoms in total. The lowest BCUT2D eigenvalue weighted by Gasteiger charge is -2.29. The average molecular weight is 459 g/mol. The Kier molecular flexibility index (Phi) is 5.28. The SMILES string of the molecule is CC1(C)OC(=O)C(=CNc2ccc3nc(S(=O)(=O)Cc4ccccc4)sc3c2)C(=O)O1. The molecule has 0 radical (unpaired) electrons. The number of carbonyl (C=O) groups is 2. The Hall–Kier alpha value is -3.24. The highest BCUT2D eigenvalue weighted by atomic mass is 32.2. The molecule has 1 aliphatic heterocycles. The summed E-state index contributed by atoms with van der Waals surface area (Å²) in [5.41, 5.74) is 1.49. The molecule has 1 aliphatic rings. The number of esters is 2. The van der Waals surface area contributed by atoms with E-state index in [0.717, 1.165) is 11.3 Å². The number of nitrogens with one attached hydrogen (secondary N) is 1. The molecule has 31 heavy (non-hydrogen) atoms. The molecular formula is C21H18N2O6S2. The van der Waals surface area contributed by atoms with Crippen molar-refractivity contribution in [2.75, 3.05) is 5.32 Å². The fourth-order valence-corrected chi connectivity index (χ4v) is 5.60. The smallest absolute Gasteiger partial charge is 0.350 e. The standard InChI is InChI=1S/C21H18N2O6S2/c1-21(2)28-18(24)15(19(25)29-21)11-22-14-8-9-16-17(10-14)30-20(23-16)31(26,27)12-13-6-4-3-5-7-13/h3-11,22H,12H2,1-2H3. The molecule has 2 aromatic carbocycles. The molecule has 2 heterocycles. The number of cyclic esters (lactones) is 2. The second-order valence-electron chi connectivity index (χ2n) is 7.29. The highest BCUT2D eigenvalue weighted by Crippen LogP contribution is 2.30. The molecule has 0 unspecified atom stereocenters. The first-order valence-corrected chi connectivity index (χ1v) is 11.7. The summed E-state index contributed by atoms with van der Waals surface area (Å²) >= 11 is 1.06. The summed E-state index contributed by atoms with van der Waals surface area (Å²) in [5, 5.41) is 2.85. The number of hydrogen-bond acceptors (Lipinski definition) is 9. The van der Waals surface area contributed by atoms with Crippen molar-refractivity contribution >= 4 is 49.0 Å². The van der Waals surface area contributed by atoms with Crippen molar-refractivity contribution in [2.24, 2.45) is 0 Å². The lowest BCUT2D eigenvalue weighted by Crippen LogP contribution is -2.42.